The standard InChI is InChI=1S/C17H13F3N2O2/c1-24-16(23)12-5-6-13-9-21-22(15(13)8-12)10-11-3-2-4-14(7-11)17(18,19)20/h2-9H,10H2,1H3. The van der Waals surface area contributed by atoms with Crippen LogP contribution in [-0.4, -0.2) is 22.9 Å². The number of methoxy groups -OCH3 is 1. The number of alkyl halides is 3. The zero-order valence-corrected chi connectivity index (χ0v) is 12.7. The molecule has 0 N–H and O–H groups in total. The van der Waals surface area contributed by atoms with Crippen molar-refractivity contribution in [3.63, 3.8) is 0 Å². The largest absolute Gasteiger partial charge is 0.465 e. The van der Waals surface area contributed by atoms with Crippen LogP contribution in [0.3, 0.4) is 0 Å². The normalized spacial score (nSPS) is 11.7. The molecule has 24 heavy (non-hydrogen) atoms. The molecular weight excluding hydrogens is 321 g/mol. The summed E-state index contributed by atoms with van der Waals surface area (Å²) in [6.45, 7) is 0.165. The van der Waals surface area contributed by atoms with Crippen molar-refractivity contribution < 1.29 is 22.7 Å². The SMILES string of the molecule is COC(=O)c1ccc2cnn(Cc3cccc(C(F)(F)F)c3)c2c1. The molecule has 0 unspecified atom stereocenters. The molecule has 0 saturated heterocycles. The van der Waals surface area contributed by atoms with E-state index in [0.29, 0.717) is 16.6 Å². The maximum absolute atomic E-state index is 12.8. The van der Waals surface area contributed by atoms with E-state index in [1.165, 1.54) is 13.2 Å². The molecule has 1 aromatic heterocycles. The van der Waals surface area contributed by atoms with Crippen molar-refractivity contribution in [2.45, 2.75) is 12.7 Å². The zero-order chi connectivity index (χ0) is 17.3. The van der Waals surface area contributed by atoms with Gasteiger partial charge in [-0.3, -0.25) is 4.68 Å². The van der Waals surface area contributed by atoms with Gasteiger partial charge >= 0.3 is 12.1 Å². The topological polar surface area (TPSA) is 44.1 Å². The summed E-state index contributed by atoms with van der Waals surface area (Å²) in [5.41, 5.74) is 0.774. The molecule has 0 bridgehead atoms. The number of hydrogen-bond acceptors (Lipinski definition) is 3. The van der Waals surface area contributed by atoms with Gasteiger partial charge in [-0.15, -0.1) is 0 Å². The summed E-state index contributed by atoms with van der Waals surface area (Å²) >= 11 is 0. The number of hydrogen-bond donors (Lipinski definition) is 0. The predicted molar refractivity (Wildman–Crippen MR) is 81.6 cm³/mol. The van der Waals surface area contributed by atoms with E-state index < -0.39 is 17.7 Å². The Kier molecular flexibility index (Phi) is 4.01. The van der Waals surface area contributed by atoms with E-state index in [4.69, 9.17) is 0 Å². The van der Waals surface area contributed by atoms with Crippen molar-refractivity contribution in [3.05, 3.63) is 65.4 Å². The van der Waals surface area contributed by atoms with E-state index in [0.717, 1.165) is 17.5 Å². The number of ether oxygens (including phenoxy) is 1. The Bertz CT molecular complexity index is 900. The lowest BCUT2D eigenvalue weighted by Crippen LogP contribution is -2.07. The quantitative estimate of drug-likeness (QED) is 0.683. The van der Waals surface area contributed by atoms with Gasteiger partial charge in [0.25, 0.3) is 0 Å². The molecule has 1 heterocycles. The average molecular weight is 334 g/mol. The van der Waals surface area contributed by atoms with Crippen LogP contribution in [0.1, 0.15) is 21.5 Å². The Hall–Kier alpha value is -2.83. The van der Waals surface area contributed by atoms with Crippen LogP contribution in [0.25, 0.3) is 10.9 Å². The summed E-state index contributed by atoms with van der Waals surface area (Å²) in [7, 11) is 1.28. The van der Waals surface area contributed by atoms with Gasteiger partial charge in [-0.05, 0) is 29.8 Å². The fourth-order valence-corrected chi connectivity index (χ4v) is 2.46. The third-order valence-electron chi connectivity index (χ3n) is 3.65. The smallest absolute Gasteiger partial charge is 0.416 e. The minimum atomic E-state index is -4.39. The van der Waals surface area contributed by atoms with Crippen molar-refractivity contribution in [2.24, 2.45) is 0 Å². The fraction of sp³-hybridized carbons (Fsp3) is 0.176. The fourth-order valence-electron chi connectivity index (χ4n) is 2.46. The Labute approximate surface area is 135 Å². The van der Waals surface area contributed by atoms with Gasteiger partial charge < -0.3 is 4.74 Å². The summed E-state index contributed by atoms with van der Waals surface area (Å²) in [5.74, 6) is -0.483. The molecule has 0 aliphatic carbocycles. The third-order valence-corrected chi connectivity index (χ3v) is 3.65. The van der Waals surface area contributed by atoms with Crippen LogP contribution in [0.4, 0.5) is 13.2 Å². The lowest BCUT2D eigenvalue weighted by Gasteiger charge is -2.09. The van der Waals surface area contributed by atoms with Crippen LogP contribution in [0.2, 0.25) is 0 Å². The lowest BCUT2D eigenvalue weighted by molar-refractivity contribution is -0.137. The van der Waals surface area contributed by atoms with Crippen molar-refractivity contribution >= 4 is 16.9 Å². The zero-order valence-electron chi connectivity index (χ0n) is 12.7. The number of nitrogens with zero attached hydrogens (tertiary/aromatic N) is 2. The molecule has 0 fully saturated rings. The van der Waals surface area contributed by atoms with Gasteiger partial charge in [0.15, 0.2) is 0 Å². The van der Waals surface area contributed by atoms with E-state index in [1.807, 2.05) is 0 Å². The molecular formula is C17H13F3N2O2. The van der Waals surface area contributed by atoms with Crippen LogP contribution < -0.4 is 0 Å². The second kappa shape index (κ2) is 5.99. The minimum Gasteiger partial charge on any atom is -0.465 e. The molecule has 0 atom stereocenters. The van der Waals surface area contributed by atoms with Crippen LogP contribution >= 0.6 is 0 Å². The maximum atomic E-state index is 12.8. The molecule has 0 amide bonds. The first-order chi connectivity index (χ1) is 11.4. The van der Waals surface area contributed by atoms with Crippen molar-refractivity contribution in [1.29, 1.82) is 0 Å². The maximum Gasteiger partial charge on any atom is 0.416 e. The molecule has 3 aromatic rings. The van der Waals surface area contributed by atoms with E-state index in [-0.39, 0.29) is 6.54 Å². The number of carbonyl (C=O) groups is 1. The highest BCUT2D eigenvalue weighted by atomic mass is 19.4. The second-order valence-electron chi connectivity index (χ2n) is 5.27. The number of carbonyl (C=O) groups excluding carboxylic acids is 1. The van der Waals surface area contributed by atoms with Gasteiger partial charge in [-0.1, -0.05) is 18.2 Å². The molecule has 0 radical (unpaired) electrons. The lowest BCUT2D eigenvalue weighted by atomic mass is 10.1. The molecule has 0 spiro atoms. The summed E-state index contributed by atoms with van der Waals surface area (Å²) in [6, 6.07) is 10.0. The molecule has 0 aliphatic rings. The highest BCUT2D eigenvalue weighted by Gasteiger charge is 2.30. The molecule has 0 aliphatic heterocycles. The summed E-state index contributed by atoms with van der Waals surface area (Å²) in [5, 5.41) is 4.98. The molecule has 124 valence electrons. The Morgan fingerprint density at radius 2 is 2.00 bits per heavy atom. The molecule has 3 rings (SSSR count). The first-order valence-electron chi connectivity index (χ1n) is 7.08. The number of esters is 1. The Morgan fingerprint density at radius 1 is 1.21 bits per heavy atom. The van der Waals surface area contributed by atoms with Gasteiger partial charge in [0.1, 0.15) is 0 Å². The second-order valence-corrected chi connectivity index (χ2v) is 5.27. The molecule has 7 heteroatoms. The van der Waals surface area contributed by atoms with Gasteiger partial charge in [0, 0.05) is 5.39 Å². The number of aromatic nitrogens is 2. The van der Waals surface area contributed by atoms with E-state index >= 15 is 0 Å². The van der Waals surface area contributed by atoms with Crippen molar-refractivity contribution in [1.82, 2.24) is 9.78 Å². The van der Waals surface area contributed by atoms with E-state index in [9.17, 15) is 18.0 Å². The summed E-state index contributed by atoms with van der Waals surface area (Å²) in [6.07, 6.45) is -2.79. The summed E-state index contributed by atoms with van der Waals surface area (Å²) < 4.78 is 44.7. The first kappa shape index (κ1) is 16.0. The molecule has 2 aromatic carbocycles. The predicted octanol–water partition coefficient (Wildman–Crippen LogP) is 3.89. The Morgan fingerprint density at radius 3 is 2.71 bits per heavy atom. The number of rotatable bonds is 3. The van der Waals surface area contributed by atoms with E-state index in [2.05, 4.69) is 9.84 Å². The van der Waals surface area contributed by atoms with Crippen LogP contribution in [0.5, 0.6) is 0 Å². The van der Waals surface area contributed by atoms with E-state index in [1.54, 1.807) is 35.1 Å². The highest BCUT2D eigenvalue weighted by Crippen LogP contribution is 2.29. The Balaban J connectivity index is 1.97. The van der Waals surface area contributed by atoms with Gasteiger partial charge in [-0.2, -0.15) is 18.3 Å². The highest BCUT2D eigenvalue weighted by molar-refractivity contribution is 5.94. The van der Waals surface area contributed by atoms with Crippen LogP contribution in [-0.2, 0) is 17.5 Å². The number of fused-ring (bicyclic) bond motifs is 1. The van der Waals surface area contributed by atoms with Gasteiger partial charge in [0.05, 0.1) is 36.5 Å². The van der Waals surface area contributed by atoms with Gasteiger partial charge in [-0.25, -0.2) is 4.79 Å². The minimum absolute atomic E-state index is 0.165. The first-order valence-corrected chi connectivity index (χ1v) is 7.08. The van der Waals surface area contributed by atoms with Crippen LogP contribution in [0.15, 0.2) is 48.7 Å². The molecule has 0 saturated carbocycles. The molecule has 4 nitrogen and oxygen atoms in total. The number of halogens is 3. The van der Waals surface area contributed by atoms with Crippen molar-refractivity contribution in [2.75, 3.05) is 7.11 Å². The number of benzene rings is 2. The third kappa shape index (κ3) is 3.10. The average Bonchev–Trinajstić information content (AvgIpc) is 2.96. The van der Waals surface area contributed by atoms with Crippen LogP contribution in [0, 0.1) is 0 Å². The van der Waals surface area contributed by atoms with Gasteiger partial charge in [0.2, 0.25) is 0 Å². The monoisotopic (exact) mass is 334 g/mol. The van der Waals surface area contributed by atoms with Crippen molar-refractivity contribution in [3.8, 4) is 0 Å². The summed E-state index contributed by atoms with van der Waals surface area (Å²) in [4.78, 5) is 11.6.